The Kier molecular flexibility index (Phi) is 2.83. The Morgan fingerprint density at radius 1 is 0.938 bits per heavy atom. The fraction of sp³-hybridized carbons (Fsp3) is 0. The molecular formula is C11H5ClF3N. The highest BCUT2D eigenvalue weighted by molar-refractivity contribution is 6.29. The standard InChI is InChI=1S/C11H5ClF3N/c12-11-10(15)7(4-5-16-11)6-2-1-3-8(13)9(6)14/h1-5H. The topological polar surface area (TPSA) is 12.9 Å². The van der Waals surface area contributed by atoms with Crippen molar-refractivity contribution in [1.82, 2.24) is 4.98 Å². The zero-order valence-corrected chi connectivity index (χ0v) is 8.60. The summed E-state index contributed by atoms with van der Waals surface area (Å²) in [5.41, 5.74) is -0.293. The van der Waals surface area contributed by atoms with Gasteiger partial charge in [0.2, 0.25) is 0 Å². The molecule has 0 radical (unpaired) electrons. The van der Waals surface area contributed by atoms with E-state index >= 15 is 0 Å². The van der Waals surface area contributed by atoms with Crippen LogP contribution in [0, 0.1) is 17.5 Å². The highest BCUT2D eigenvalue weighted by Crippen LogP contribution is 2.28. The molecule has 0 amide bonds. The van der Waals surface area contributed by atoms with Crippen LogP contribution in [0.3, 0.4) is 0 Å². The SMILES string of the molecule is Fc1cccc(-c2ccnc(Cl)c2F)c1F. The Morgan fingerprint density at radius 2 is 1.62 bits per heavy atom. The van der Waals surface area contributed by atoms with Crippen LogP contribution in [-0.2, 0) is 0 Å². The molecule has 0 aliphatic heterocycles. The minimum Gasteiger partial charge on any atom is -0.242 e. The van der Waals surface area contributed by atoms with Crippen molar-refractivity contribution < 1.29 is 13.2 Å². The first-order chi connectivity index (χ1) is 7.61. The van der Waals surface area contributed by atoms with Crippen molar-refractivity contribution in [3.8, 4) is 11.1 Å². The normalized spacial score (nSPS) is 10.5. The highest BCUT2D eigenvalue weighted by atomic mass is 35.5. The van der Waals surface area contributed by atoms with Crippen molar-refractivity contribution in [3.05, 3.63) is 53.1 Å². The van der Waals surface area contributed by atoms with Gasteiger partial charge in [-0.15, -0.1) is 0 Å². The van der Waals surface area contributed by atoms with Crippen molar-refractivity contribution in [2.45, 2.75) is 0 Å². The average molecular weight is 244 g/mol. The van der Waals surface area contributed by atoms with E-state index in [-0.39, 0.29) is 16.3 Å². The quantitative estimate of drug-likeness (QED) is 0.694. The fourth-order valence-corrected chi connectivity index (χ4v) is 1.50. The molecule has 0 saturated heterocycles. The number of hydrogen-bond donors (Lipinski definition) is 0. The Morgan fingerprint density at radius 3 is 2.38 bits per heavy atom. The van der Waals surface area contributed by atoms with Crippen LogP contribution in [0.25, 0.3) is 11.1 Å². The molecule has 2 rings (SSSR count). The lowest BCUT2D eigenvalue weighted by Gasteiger charge is -2.05. The number of nitrogens with zero attached hydrogens (tertiary/aromatic N) is 1. The Bertz CT molecular complexity index is 493. The summed E-state index contributed by atoms with van der Waals surface area (Å²) in [5.74, 6) is -3.01. The predicted octanol–water partition coefficient (Wildman–Crippen LogP) is 3.82. The number of benzene rings is 1. The molecule has 0 aliphatic rings. The van der Waals surface area contributed by atoms with Crippen molar-refractivity contribution in [2.24, 2.45) is 0 Å². The molecule has 16 heavy (non-hydrogen) atoms. The molecule has 0 saturated carbocycles. The average Bonchev–Trinajstić information content (AvgIpc) is 2.27. The molecule has 1 aromatic carbocycles. The molecule has 0 fully saturated rings. The van der Waals surface area contributed by atoms with Gasteiger partial charge in [-0.25, -0.2) is 18.2 Å². The van der Waals surface area contributed by atoms with Gasteiger partial charge in [-0.1, -0.05) is 23.7 Å². The number of rotatable bonds is 1. The van der Waals surface area contributed by atoms with Crippen LogP contribution in [0.5, 0.6) is 0 Å². The van der Waals surface area contributed by atoms with E-state index in [2.05, 4.69) is 4.98 Å². The smallest absolute Gasteiger partial charge is 0.168 e. The van der Waals surface area contributed by atoms with Gasteiger partial charge in [-0.2, -0.15) is 0 Å². The maximum Gasteiger partial charge on any atom is 0.168 e. The van der Waals surface area contributed by atoms with Crippen LogP contribution in [-0.4, -0.2) is 4.98 Å². The second kappa shape index (κ2) is 4.14. The lowest BCUT2D eigenvalue weighted by atomic mass is 10.1. The first kappa shape index (κ1) is 11.0. The minimum absolute atomic E-state index is 0.114. The molecule has 0 unspecified atom stereocenters. The van der Waals surface area contributed by atoms with Gasteiger partial charge in [0, 0.05) is 17.3 Å². The lowest BCUT2D eigenvalue weighted by Crippen LogP contribution is -1.93. The zero-order chi connectivity index (χ0) is 11.7. The van der Waals surface area contributed by atoms with Crippen LogP contribution < -0.4 is 0 Å². The molecule has 0 aliphatic carbocycles. The van der Waals surface area contributed by atoms with Gasteiger partial charge < -0.3 is 0 Å². The predicted molar refractivity (Wildman–Crippen MR) is 54.6 cm³/mol. The molecular weight excluding hydrogens is 239 g/mol. The fourth-order valence-electron chi connectivity index (χ4n) is 1.34. The molecule has 0 N–H and O–H groups in total. The van der Waals surface area contributed by atoms with Gasteiger partial charge >= 0.3 is 0 Å². The maximum absolute atomic E-state index is 13.5. The third kappa shape index (κ3) is 1.76. The summed E-state index contributed by atoms with van der Waals surface area (Å²) in [6.07, 6.45) is 1.23. The second-order valence-corrected chi connectivity index (χ2v) is 3.42. The number of halogens is 4. The van der Waals surface area contributed by atoms with Crippen LogP contribution in [0.2, 0.25) is 5.15 Å². The van der Waals surface area contributed by atoms with E-state index in [0.29, 0.717) is 0 Å². The molecule has 2 aromatic rings. The minimum atomic E-state index is -1.11. The molecule has 82 valence electrons. The Hall–Kier alpha value is -1.55. The van der Waals surface area contributed by atoms with E-state index in [4.69, 9.17) is 11.6 Å². The largest absolute Gasteiger partial charge is 0.242 e. The van der Waals surface area contributed by atoms with E-state index in [9.17, 15) is 13.2 Å². The van der Waals surface area contributed by atoms with Gasteiger partial charge in [0.1, 0.15) is 0 Å². The van der Waals surface area contributed by atoms with Crippen LogP contribution >= 0.6 is 11.6 Å². The molecule has 1 heterocycles. The van der Waals surface area contributed by atoms with Gasteiger partial charge in [-0.3, -0.25) is 0 Å². The summed E-state index contributed by atoms with van der Waals surface area (Å²) < 4.78 is 39.9. The third-order valence-electron chi connectivity index (χ3n) is 2.09. The summed E-state index contributed by atoms with van der Waals surface area (Å²) >= 11 is 5.45. The monoisotopic (exact) mass is 243 g/mol. The lowest BCUT2D eigenvalue weighted by molar-refractivity contribution is 0.510. The van der Waals surface area contributed by atoms with Gasteiger partial charge in [0.05, 0.1) is 0 Å². The van der Waals surface area contributed by atoms with E-state index in [1.54, 1.807) is 0 Å². The van der Waals surface area contributed by atoms with E-state index in [1.165, 1.54) is 24.4 Å². The van der Waals surface area contributed by atoms with Crippen molar-refractivity contribution >= 4 is 11.6 Å². The van der Waals surface area contributed by atoms with Crippen molar-refractivity contribution in [1.29, 1.82) is 0 Å². The third-order valence-corrected chi connectivity index (χ3v) is 2.35. The first-order valence-corrected chi connectivity index (χ1v) is 4.73. The number of pyridine rings is 1. The molecule has 1 nitrogen and oxygen atoms in total. The Balaban J connectivity index is 2.68. The summed E-state index contributed by atoms with van der Waals surface area (Å²) in [5, 5.41) is -0.374. The maximum atomic E-state index is 13.5. The van der Waals surface area contributed by atoms with Crippen LogP contribution in [0.4, 0.5) is 13.2 Å². The summed E-state index contributed by atoms with van der Waals surface area (Å²) in [4.78, 5) is 3.49. The number of aromatic nitrogens is 1. The molecule has 5 heteroatoms. The van der Waals surface area contributed by atoms with Crippen molar-refractivity contribution in [3.63, 3.8) is 0 Å². The highest BCUT2D eigenvalue weighted by Gasteiger charge is 2.15. The number of hydrogen-bond acceptors (Lipinski definition) is 1. The summed E-state index contributed by atoms with van der Waals surface area (Å²) in [7, 11) is 0. The summed E-state index contributed by atoms with van der Waals surface area (Å²) in [6, 6.07) is 4.76. The van der Waals surface area contributed by atoms with Crippen LogP contribution in [0.15, 0.2) is 30.5 Å². The zero-order valence-electron chi connectivity index (χ0n) is 7.85. The summed E-state index contributed by atoms with van der Waals surface area (Å²) in [6.45, 7) is 0. The first-order valence-electron chi connectivity index (χ1n) is 4.35. The van der Waals surface area contributed by atoms with E-state index in [1.807, 2.05) is 0 Å². The molecule has 0 spiro atoms. The van der Waals surface area contributed by atoms with Crippen molar-refractivity contribution in [2.75, 3.05) is 0 Å². The van der Waals surface area contributed by atoms with E-state index in [0.717, 1.165) is 6.07 Å². The van der Waals surface area contributed by atoms with Gasteiger partial charge in [-0.05, 0) is 12.1 Å². The second-order valence-electron chi connectivity index (χ2n) is 3.06. The Labute approximate surface area is 94.5 Å². The van der Waals surface area contributed by atoms with Gasteiger partial charge in [0.25, 0.3) is 0 Å². The van der Waals surface area contributed by atoms with Gasteiger partial charge in [0.15, 0.2) is 22.6 Å². The van der Waals surface area contributed by atoms with E-state index < -0.39 is 17.5 Å². The molecule has 1 aromatic heterocycles. The molecule has 0 atom stereocenters. The molecule has 0 bridgehead atoms. The van der Waals surface area contributed by atoms with Crippen LogP contribution in [0.1, 0.15) is 0 Å².